The van der Waals surface area contributed by atoms with Gasteiger partial charge in [0.2, 0.25) is 0 Å². The molecule has 1 aliphatic rings. The highest BCUT2D eigenvalue weighted by atomic mass is 16.5. The molecule has 0 aliphatic heterocycles. The van der Waals surface area contributed by atoms with E-state index in [2.05, 4.69) is 11.4 Å². The summed E-state index contributed by atoms with van der Waals surface area (Å²) in [5, 5.41) is 13.2. The van der Waals surface area contributed by atoms with Gasteiger partial charge in [-0.3, -0.25) is 4.79 Å². The second-order valence-corrected chi connectivity index (χ2v) is 6.11. The number of hydrogen-bond donors (Lipinski definition) is 2. The van der Waals surface area contributed by atoms with Crippen LogP contribution in [0.4, 0.5) is 0 Å². The molecular weight excluding hydrogens is 290 g/mol. The Hall–Kier alpha value is -1.65. The smallest absolute Gasteiger partial charge is 0.159 e. The van der Waals surface area contributed by atoms with E-state index in [0.717, 1.165) is 13.0 Å². The van der Waals surface area contributed by atoms with E-state index in [-0.39, 0.29) is 12.4 Å². The molecule has 2 rings (SSSR count). The molecule has 1 aliphatic carbocycles. The second kappa shape index (κ2) is 9.48. The predicted molar refractivity (Wildman–Crippen MR) is 92.0 cm³/mol. The Morgan fingerprint density at radius 3 is 2.74 bits per heavy atom. The number of carbonyl (C=O) groups is 1. The lowest BCUT2D eigenvalue weighted by molar-refractivity contribution is 0.101. The van der Waals surface area contributed by atoms with E-state index in [1.807, 2.05) is 0 Å². The van der Waals surface area contributed by atoms with Crippen LogP contribution in [-0.2, 0) is 0 Å². The molecule has 0 amide bonds. The van der Waals surface area contributed by atoms with Gasteiger partial charge in [-0.25, -0.2) is 0 Å². The van der Waals surface area contributed by atoms with Gasteiger partial charge in [-0.05, 0) is 69.8 Å². The van der Waals surface area contributed by atoms with Crippen LogP contribution in [0.5, 0.6) is 5.75 Å². The molecule has 23 heavy (non-hydrogen) atoms. The van der Waals surface area contributed by atoms with Crippen molar-refractivity contribution in [2.24, 2.45) is 0 Å². The van der Waals surface area contributed by atoms with Crippen molar-refractivity contribution in [2.45, 2.75) is 45.1 Å². The highest BCUT2D eigenvalue weighted by Gasteiger charge is 2.07. The Morgan fingerprint density at radius 2 is 2.09 bits per heavy atom. The molecular formula is C19H27NO3. The standard InChI is InChI=1S/C19H27NO3/c1-15(21)17-7-9-19(10-8-17)23-14-18(22)13-20-12-11-16-5-3-2-4-6-16/h5,7-10,18,20,22H,2-4,6,11-14H2,1H3. The minimum Gasteiger partial charge on any atom is -0.491 e. The number of carbonyl (C=O) groups excluding carboxylic acids is 1. The molecule has 0 fully saturated rings. The van der Waals surface area contributed by atoms with Gasteiger partial charge in [0.25, 0.3) is 0 Å². The summed E-state index contributed by atoms with van der Waals surface area (Å²) in [5.74, 6) is 0.704. The lowest BCUT2D eigenvalue weighted by Crippen LogP contribution is -2.32. The van der Waals surface area contributed by atoms with Gasteiger partial charge in [0.15, 0.2) is 5.78 Å². The molecule has 1 aromatic rings. The fraction of sp³-hybridized carbons (Fsp3) is 0.526. The summed E-state index contributed by atoms with van der Waals surface area (Å²) in [7, 11) is 0. The summed E-state index contributed by atoms with van der Waals surface area (Å²) in [6, 6.07) is 6.99. The maximum atomic E-state index is 11.2. The average Bonchev–Trinajstić information content (AvgIpc) is 2.58. The summed E-state index contributed by atoms with van der Waals surface area (Å²) in [4.78, 5) is 11.2. The van der Waals surface area contributed by atoms with Crippen LogP contribution in [0.2, 0.25) is 0 Å². The van der Waals surface area contributed by atoms with Gasteiger partial charge < -0.3 is 15.2 Å². The van der Waals surface area contributed by atoms with Crippen LogP contribution in [0.3, 0.4) is 0 Å². The molecule has 1 atom stereocenters. The number of hydrogen-bond acceptors (Lipinski definition) is 4. The first-order valence-corrected chi connectivity index (χ1v) is 8.45. The van der Waals surface area contributed by atoms with E-state index in [4.69, 9.17) is 4.74 Å². The monoisotopic (exact) mass is 317 g/mol. The van der Waals surface area contributed by atoms with Crippen molar-refractivity contribution in [3.63, 3.8) is 0 Å². The Morgan fingerprint density at radius 1 is 1.30 bits per heavy atom. The molecule has 0 radical (unpaired) electrons. The molecule has 0 bridgehead atoms. The highest BCUT2D eigenvalue weighted by Crippen LogP contribution is 2.19. The number of aliphatic hydroxyl groups is 1. The third kappa shape index (κ3) is 6.55. The van der Waals surface area contributed by atoms with Crippen LogP contribution in [-0.4, -0.2) is 36.7 Å². The number of nitrogens with one attached hydrogen (secondary N) is 1. The molecule has 1 unspecified atom stereocenters. The van der Waals surface area contributed by atoms with E-state index >= 15 is 0 Å². The number of aliphatic hydroxyl groups excluding tert-OH is 1. The van der Waals surface area contributed by atoms with Crippen molar-refractivity contribution < 1.29 is 14.6 Å². The Balaban J connectivity index is 1.60. The maximum Gasteiger partial charge on any atom is 0.159 e. The first kappa shape index (κ1) is 17.7. The number of benzene rings is 1. The third-order valence-corrected chi connectivity index (χ3v) is 4.09. The second-order valence-electron chi connectivity index (χ2n) is 6.11. The zero-order chi connectivity index (χ0) is 16.5. The molecule has 2 N–H and O–H groups in total. The van der Waals surface area contributed by atoms with Crippen LogP contribution < -0.4 is 10.1 Å². The van der Waals surface area contributed by atoms with Crippen LogP contribution in [0, 0.1) is 0 Å². The minimum atomic E-state index is -0.539. The Kier molecular flexibility index (Phi) is 7.30. The summed E-state index contributed by atoms with van der Waals surface area (Å²) in [6.07, 6.45) is 7.96. The summed E-state index contributed by atoms with van der Waals surface area (Å²) >= 11 is 0. The van der Waals surface area contributed by atoms with E-state index in [9.17, 15) is 9.90 Å². The highest BCUT2D eigenvalue weighted by molar-refractivity contribution is 5.94. The molecule has 0 saturated heterocycles. The summed E-state index contributed by atoms with van der Waals surface area (Å²) < 4.78 is 5.54. The predicted octanol–water partition coefficient (Wildman–Crippen LogP) is 3.11. The van der Waals surface area contributed by atoms with Crippen LogP contribution in [0.25, 0.3) is 0 Å². The first-order valence-electron chi connectivity index (χ1n) is 8.45. The van der Waals surface area contributed by atoms with Gasteiger partial charge in [0.05, 0.1) is 0 Å². The number of allylic oxidation sites excluding steroid dienone is 1. The van der Waals surface area contributed by atoms with Crippen molar-refractivity contribution in [3.05, 3.63) is 41.5 Å². The molecule has 1 aromatic carbocycles. The van der Waals surface area contributed by atoms with Crippen molar-refractivity contribution in [3.8, 4) is 5.75 Å². The molecule has 0 spiro atoms. The van der Waals surface area contributed by atoms with E-state index in [0.29, 0.717) is 17.9 Å². The largest absolute Gasteiger partial charge is 0.491 e. The Bertz CT molecular complexity index is 522. The third-order valence-electron chi connectivity index (χ3n) is 4.09. The van der Waals surface area contributed by atoms with Gasteiger partial charge in [0.1, 0.15) is 18.5 Å². The van der Waals surface area contributed by atoms with E-state index < -0.39 is 6.10 Å². The topological polar surface area (TPSA) is 58.6 Å². The fourth-order valence-electron chi connectivity index (χ4n) is 2.69. The molecule has 0 heterocycles. The summed E-state index contributed by atoms with van der Waals surface area (Å²) in [6.45, 7) is 3.21. The number of ether oxygens (including phenoxy) is 1. The Labute approximate surface area is 138 Å². The van der Waals surface area contributed by atoms with Crippen LogP contribution in [0.1, 0.15) is 49.4 Å². The molecule has 4 heteroatoms. The SMILES string of the molecule is CC(=O)c1ccc(OCC(O)CNCCC2=CCCCC2)cc1. The molecule has 4 nitrogen and oxygen atoms in total. The summed E-state index contributed by atoms with van der Waals surface area (Å²) in [5.41, 5.74) is 2.21. The van der Waals surface area contributed by atoms with Gasteiger partial charge in [-0.2, -0.15) is 0 Å². The van der Waals surface area contributed by atoms with E-state index in [1.165, 1.54) is 32.6 Å². The van der Waals surface area contributed by atoms with E-state index in [1.54, 1.807) is 29.8 Å². The van der Waals surface area contributed by atoms with Gasteiger partial charge in [-0.15, -0.1) is 0 Å². The van der Waals surface area contributed by atoms with Gasteiger partial charge in [-0.1, -0.05) is 11.6 Å². The van der Waals surface area contributed by atoms with Crippen molar-refractivity contribution >= 4 is 5.78 Å². The molecule has 0 aromatic heterocycles. The lowest BCUT2D eigenvalue weighted by atomic mass is 9.97. The molecule has 126 valence electrons. The average molecular weight is 317 g/mol. The van der Waals surface area contributed by atoms with Crippen LogP contribution in [0.15, 0.2) is 35.9 Å². The zero-order valence-corrected chi connectivity index (χ0v) is 13.9. The van der Waals surface area contributed by atoms with Crippen molar-refractivity contribution in [1.82, 2.24) is 5.32 Å². The minimum absolute atomic E-state index is 0.0360. The normalized spacial score (nSPS) is 15.8. The maximum absolute atomic E-state index is 11.2. The van der Waals surface area contributed by atoms with Gasteiger partial charge >= 0.3 is 0 Å². The number of rotatable bonds is 9. The van der Waals surface area contributed by atoms with Crippen LogP contribution >= 0.6 is 0 Å². The zero-order valence-electron chi connectivity index (χ0n) is 13.9. The van der Waals surface area contributed by atoms with Crippen molar-refractivity contribution in [1.29, 1.82) is 0 Å². The quantitative estimate of drug-likeness (QED) is 0.417. The lowest BCUT2D eigenvalue weighted by Gasteiger charge is -2.15. The van der Waals surface area contributed by atoms with Gasteiger partial charge in [0, 0.05) is 12.1 Å². The molecule has 0 saturated carbocycles. The van der Waals surface area contributed by atoms with Crippen molar-refractivity contribution in [2.75, 3.05) is 19.7 Å². The number of Topliss-reactive ketones (excluding diaryl/α,β-unsaturated/α-hetero) is 1. The first-order chi connectivity index (χ1) is 11.1. The fourth-order valence-corrected chi connectivity index (χ4v) is 2.69. The number of ketones is 1.